The van der Waals surface area contributed by atoms with Crippen molar-refractivity contribution in [1.82, 2.24) is 4.57 Å². The minimum absolute atomic E-state index is 0.750. The molecule has 0 aliphatic carbocycles. The predicted octanol–water partition coefficient (Wildman–Crippen LogP) is 3.60. The van der Waals surface area contributed by atoms with E-state index in [2.05, 4.69) is 23.8 Å². The summed E-state index contributed by atoms with van der Waals surface area (Å²) >= 11 is 1.97. The largest absolute Gasteiger partial charge is 0.347 e. The summed E-state index contributed by atoms with van der Waals surface area (Å²) in [4.78, 5) is 10.8. The molecule has 90 valence electrons. The van der Waals surface area contributed by atoms with Crippen LogP contribution < -0.4 is 0 Å². The third-order valence-electron chi connectivity index (χ3n) is 2.83. The maximum Gasteiger partial charge on any atom is 0.150 e. The quantitative estimate of drug-likeness (QED) is 0.575. The molecule has 2 nitrogen and oxygen atoms in total. The first-order valence-corrected chi connectivity index (χ1v) is 7.12. The normalized spacial score (nSPS) is 10.9. The van der Waals surface area contributed by atoms with Crippen LogP contribution in [0.2, 0.25) is 0 Å². The van der Waals surface area contributed by atoms with E-state index in [0.29, 0.717) is 0 Å². The number of aryl methyl sites for hydroxylation is 1. The van der Waals surface area contributed by atoms with E-state index in [-0.39, 0.29) is 0 Å². The lowest BCUT2D eigenvalue weighted by Gasteiger charge is -2.05. The zero-order valence-corrected chi connectivity index (χ0v) is 10.9. The molecule has 1 heterocycles. The molecule has 0 unspecified atom stereocenters. The zero-order chi connectivity index (χ0) is 12.1. The highest BCUT2D eigenvalue weighted by Crippen LogP contribution is 2.17. The van der Waals surface area contributed by atoms with Gasteiger partial charge in [-0.05, 0) is 35.4 Å². The molecule has 0 radical (unpaired) electrons. The third kappa shape index (κ3) is 2.91. The van der Waals surface area contributed by atoms with Gasteiger partial charge in [0, 0.05) is 23.8 Å². The van der Waals surface area contributed by atoms with Crippen molar-refractivity contribution in [3.05, 3.63) is 36.0 Å². The smallest absolute Gasteiger partial charge is 0.150 e. The van der Waals surface area contributed by atoms with Gasteiger partial charge in [0.15, 0.2) is 0 Å². The Kier molecular flexibility index (Phi) is 4.26. The van der Waals surface area contributed by atoms with Gasteiger partial charge in [-0.3, -0.25) is 4.79 Å². The molecule has 1 aromatic heterocycles. The van der Waals surface area contributed by atoms with Crippen molar-refractivity contribution >= 4 is 29.0 Å². The van der Waals surface area contributed by atoms with E-state index in [1.165, 1.54) is 23.3 Å². The summed E-state index contributed by atoms with van der Waals surface area (Å²) in [6.07, 6.45) is 4.19. The molecule has 0 bridgehead atoms. The van der Waals surface area contributed by atoms with Gasteiger partial charge in [-0.25, -0.2) is 0 Å². The molecular weight excluding hydrogens is 230 g/mol. The molecule has 0 spiro atoms. The Morgan fingerprint density at radius 1 is 1.35 bits per heavy atom. The molecule has 0 N–H and O–H groups in total. The number of aldehydes is 1. The lowest BCUT2D eigenvalue weighted by molar-refractivity contribution is 0.112. The van der Waals surface area contributed by atoms with E-state index >= 15 is 0 Å². The molecule has 0 amide bonds. The number of nitrogens with zero attached hydrogens (tertiary/aromatic N) is 1. The fourth-order valence-electron chi connectivity index (χ4n) is 1.95. The second-order valence-electron chi connectivity index (χ2n) is 4.00. The standard InChI is InChI=1S/C14H17NOS/c1-2-17-9-3-7-15-8-6-13-5-4-12(11-16)10-14(13)15/h4-6,8,10-11H,2-3,7,9H2,1H3. The Balaban J connectivity index is 2.13. The average Bonchev–Trinajstić information content (AvgIpc) is 2.77. The van der Waals surface area contributed by atoms with Gasteiger partial charge in [0.05, 0.1) is 0 Å². The molecule has 0 saturated heterocycles. The number of thioether (sulfide) groups is 1. The first-order chi connectivity index (χ1) is 8.35. The van der Waals surface area contributed by atoms with Crippen molar-refractivity contribution < 1.29 is 4.79 Å². The number of rotatable bonds is 6. The van der Waals surface area contributed by atoms with E-state index in [1.54, 1.807) is 0 Å². The first kappa shape index (κ1) is 12.2. The van der Waals surface area contributed by atoms with Gasteiger partial charge in [-0.15, -0.1) is 0 Å². The molecule has 3 heteroatoms. The van der Waals surface area contributed by atoms with Gasteiger partial charge in [0.2, 0.25) is 0 Å². The maximum absolute atomic E-state index is 10.8. The van der Waals surface area contributed by atoms with Crippen LogP contribution in [0.5, 0.6) is 0 Å². The Morgan fingerprint density at radius 3 is 3.00 bits per heavy atom. The Bertz CT molecular complexity index is 504. The minimum Gasteiger partial charge on any atom is -0.347 e. The summed E-state index contributed by atoms with van der Waals surface area (Å²) in [6, 6.07) is 7.95. The van der Waals surface area contributed by atoms with E-state index in [0.717, 1.165) is 23.9 Å². The molecule has 2 aromatic rings. The van der Waals surface area contributed by atoms with Crippen molar-refractivity contribution in [2.45, 2.75) is 19.9 Å². The monoisotopic (exact) mass is 247 g/mol. The fourth-order valence-corrected chi connectivity index (χ4v) is 2.57. The Hall–Kier alpha value is -1.22. The van der Waals surface area contributed by atoms with Crippen molar-refractivity contribution in [3.8, 4) is 0 Å². The van der Waals surface area contributed by atoms with Crippen LogP contribution in [-0.4, -0.2) is 22.4 Å². The highest BCUT2D eigenvalue weighted by atomic mass is 32.2. The summed E-state index contributed by atoms with van der Waals surface area (Å²) in [5.74, 6) is 2.38. The molecule has 1 aromatic carbocycles. The SMILES string of the molecule is CCSCCCn1ccc2ccc(C=O)cc21. The zero-order valence-electron chi connectivity index (χ0n) is 10.1. The van der Waals surface area contributed by atoms with Crippen LogP contribution in [0.15, 0.2) is 30.5 Å². The summed E-state index contributed by atoms with van der Waals surface area (Å²) in [5.41, 5.74) is 1.91. The molecule has 0 aliphatic rings. The van der Waals surface area contributed by atoms with Crippen molar-refractivity contribution in [2.24, 2.45) is 0 Å². The summed E-state index contributed by atoms with van der Waals surface area (Å²) in [6.45, 7) is 3.21. The van der Waals surface area contributed by atoms with Gasteiger partial charge in [0.1, 0.15) is 6.29 Å². The second-order valence-corrected chi connectivity index (χ2v) is 5.39. The number of fused-ring (bicyclic) bond motifs is 1. The fraction of sp³-hybridized carbons (Fsp3) is 0.357. The van der Waals surface area contributed by atoms with Gasteiger partial charge in [-0.1, -0.05) is 19.1 Å². The van der Waals surface area contributed by atoms with E-state index in [9.17, 15) is 4.79 Å². The van der Waals surface area contributed by atoms with Crippen LogP contribution >= 0.6 is 11.8 Å². The lowest BCUT2D eigenvalue weighted by Crippen LogP contribution is -1.97. The van der Waals surface area contributed by atoms with Crippen LogP contribution in [0.1, 0.15) is 23.7 Å². The average molecular weight is 247 g/mol. The van der Waals surface area contributed by atoms with Crippen LogP contribution in [0.3, 0.4) is 0 Å². The van der Waals surface area contributed by atoms with Gasteiger partial charge >= 0.3 is 0 Å². The second kappa shape index (κ2) is 5.92. The topological polar surface area (TPSA) is 22.0 Å². The summed E-state index contributed by atoms with van der Waals surface area (Å²) < 4.78 is 2.23. The number of hydrogen-bond donors (Lipinski definition) is 0. The molecular formula is C14H17NOS. The van der Waals surface area contributed by atoms with E-state index in [4.69, 9.17) is 0 Å². The maximum atomic E-state index is 10.8. The molecule has 0 atom stereocenters. The highest BCUT2D eigenvalue weighted by molar-refractivity contribution is 7.99. The van der Waals surface area contributed by atoms with Crippen LogP contribution in [0.4, 0.5) is 0 Å². The lowest BCUT2D eigenvalue weighted by atomic mass is 10.2. The predicted molar refractivity (Wildman–Crippen MR) is 74.9 cm³/mol. The van der Waals surface area contributed by atoms with E-state index in [1.807, 2.05) is 30.0 Å². The number of benzene rings is 1. The minimum atomic E-state index is 0.750. The molecule has 0 saturated carbocycles. The van der Waals surface area contributed by atoms with Gasteiger partial charge in [-0.2, -0.15) is 11.8 Å². The summed E-state index contributed by atoms with van der Waals surface area (Å²) in [5, 5.41) is 1.21. The van der Waals surface area contributed by atoms with Crippen molar-refractivity contribution in [3.63, 3.8) is 0 Å². The van der Waals surface area contributed by atoms with Gasteiger partial charge in [0.25, 0.3) is 0 Å². The van der Waals surface area contributed by atoms with E-state index < -0.39 is 0 Å². The van der Waals surface area contributed by atoms with Crippen LogP contribution in [0.25, 0.3) is 10.9 Å². The Morgan fingerprint density at radius 2 is 2.24 bits per heavy atom. The summed E-state index contributed by atoms with van der Waals surface area (Å²) in [7, 11) is 0. The van der Waals surface area contributed by atoms with Crippen molar-refractivity contribution in [2.75, 3.05) is 11.5 Å². The van der Waals surface area contributed by atoms with Crippen LogP contribution in [-0.2, 0) is 6.54 Å². The van der Waals surface area contributed by atoms with Crippen LogP contribution in [0, 0.1) is 0 Å². The molecule has 2 rings (SSSR count). The number of hydrogen-bond acceptors (Lipinski definition) is 2. The molecule has 0 aliphatic heterocycles. The number of aromatic nitrogens is 1. The number of carbonyl (C=O) groups is 1. The van der Waals surface area contributed by atoms with Crippen molar-refractivity contribution in [1.29, 1.82) is 0 Å². The molecule has 17 heavy (non-hydrogen) atoms. The number of carbonyl (C=O) groups excluding carboxylic acids is 1. The van der Waals surface area contributed by atoms with Gasteiger partial charge < -0.3 is 4.57 Å². The first-order valence-electron chi connectivity index (χ1n) is 5.97. The molecule has 0 fully saturated rings. The highest BCUT2D eigenvalue weighted by Gasteiger charge is 2.01. The third-order valence-corrected chi connectivity index (χ3v) is 3.81. The Labute approximate surface area is 106 Å².